The summed E-state index contributed by atoms with van der Waals surface area (Å²) in [5.74, 6) is 1.36. The molecule has 2 fully saturated rings. The van der Waals surface area contributed by atoms with Crippen LogP contribution in [-0.2, 0) is 9.53 Å². The zero-order valence-electron chi connectivity index (χ0n) is 13.1. The molecule has 1 atom stereocenters. The van der Waals surface area contributed by atoms with Crippen LogP contribution in [0, 0.1) is 6.92 Å². The van der Waals surface area contributed by atoms with Crippen molar-refractivity contribution >= 4 is 11.9 Å². The first-order valence-corrected chi connectivity index (χ1v) is 7.72. The number of ether oxygens (including phenoxy) is 2. The van der Waals surface area contributed by atoms with E-state index >= 15 is 0 Å². The summed E-state index contributed by atoms with van der Waals surface area (Å²) in [6.45, 7) is 5.44. The molecule has 0 bridgehead atoms. The maximum atomic E-state index is 12.3. The first kappa shape index (κ1) is 15.0. The Morgan fingerprint density at radius 2 is 2.09 bits per heavy atom. The van der Waals surface area contributed by atoms with E-state index in [1.807, 2.05) is 11.8 Å². The third kappa shape index (κ3) is 3.14. The van der Waals surface area contributed by atoms with Crippen LogP contribution in [0.15, 0.2) is 6.07 Å². The molecule has 22 heavy (non-hydrogen) atoms. The number of carbonyl (C=O) groups is 1. The molecule has 2 saturated heterocycles. The van der Waals surface area contributed by atoms with E-state index in [-0.39, 0.29) is 12.0 Å². The third-order valence-electron chi connectivity index (χ3n) is 4.11. The lowest BCUT2D eigenvalue weighted by Crippen LogP contribution is -2.51. The molecule has 1 amide bonds. The molecular weight excluding hydrogens is 284 g/mol. The van der Waals surface area contributed by atoms with Crippen LogP contribution in [0.5, 0.6) is 5.88 Å². The lowest BCUT2D eigenvalue weighted by Gasteiger charge is -2.35. The highest BCUT2D eigenvalue weighted by Crippen LogP contribution is 2.19. The second-order valence-electron chi connectivity index (χ2n) is 5.67. The molecule has 2 aliphatic heterocycles. The average Bonchev–Trinajstić information content (AvgIpc) is 3.08. The minimum atomic E-state index is -0.234. The van der Waals surface area contributed by atoms with Crippen LogP contribution in [-0.4, -0.2) is 66.8 Å². The van der Waals surface area contributed by atoms with E-state index < -0.39 is 0 Å². The standard InChI is InChI=1S/C15H22N4O3/c1-11-10-13(21-2)17-15(16-11)19-7-5-18(6-8-19)14(20)12-4-3-9-22-12/h10,12H,3-9H2,1-2H3/t12-/m1/s1. The van der Waals surface area contributed by atoms with E-state index in [4.69, 9.17) is 9.47 Å². The number of nitrogens with zero attached hydrogens (tertiary/aromatic N) is 4. The zero-order valence-corrected chi connectivity index (χ0v) is 13.1. The van der Waals surface area contributed by atoms with E-state index in [0.717, 1.165) is 31.6 Å². The number of hydrogen-bond acceptors (Lipinski definition) is 6. The van der Waals surface area contributed by atoms with E-state index in [1.54, 1.807) is 13.2 Å². The van der Waals surface area contributed by atoms with Crippen LogP contribution in [0.2, 0.25) is 0 Å². The topological polar surface area (TPSA) is 67.8 Å². The normalized spacial score (nSPS) is 22.0. The Balaban J connectivity index is 1.61. The predicted octanol–water partition coefficient (Wildman–Crippen LogP) is 0.621. The Morgan fingerprint density at radius 1 is 1.32 bits per heavy atom. The van der Waals surface area contributed by atoms with Gasteiger partial charge < -0.3 is 19.3 Å². The van der Waals surface area contributed by atoms with Gasteiger partial charge in [-0.3, -0.25) is 4.79 Å². The molecule has 0 radical (unpaired) electrons. The summed E-state index contributed by atoms with van der Waals surface area (Å²) in [5.41, 5.74) is 0.875. The summed E-state index contributed by atoms with van der Waals surface area (Å²) < 4.78 is 10.7. The van der Waals surface area contributed by atoms with Crippen LogP contribution < -0.4 is 9.64 Å². The largest absolute Gasteiger partial charge is 0.481 e. The van der Waals surface area contributed by atoms with Crippen molar-refractivity contribution in [2.24, 2.45) is 0 Å². The van der Waals surface area contributed by atoms with Crippen molar-refractivity contribution < 1.29 is 14.3 Å². The average molecular weight is 306 g/mol. The highest BCUT2D eigenvalue weighted by atomic mass is 16.5. The number of anilines is 1. The number of methoxy groups -OCH3 is 1. The summed E-state index contributed by atoms with van der Waals surface area (Å²) in [7, 11) is 1.60. The number of aromatic nitrogens is 2. The molecular formula is C15H22N4O3. The SMILES string of the molecule is COc1cc(C)nc(N2CCN(C(=O)[C@H]3CCCO3)CC2)n1. The van der Waals surface area contributed by atoms with E-state index in [1.165, 1.54) is 0 Å². The fourth-order valence-corrected chi connectivity index (χ4v) is 2.87. The van der Waals surface area contributed by atoms with Crippen molar-refractivity contribution in [1.29, 1.82) is 0 Å². The molecule has 3 heterocycles. The van der Waals surface area contributed by atoms with E-state index in [2.05, 4.69) is 14.9 Å². The maximum absolute atomic E-state index is 12.3. The van der Waals surface area contributed by atoms with Gasteiger partial charge in [0.1, 0.15) is 6.10 Å². The molecule has 0 spiro atoms. The molecule has 0 aromatic carbocycles. The van der Waals surface area contributed by atoms with Gasteiger partial charge in [-0.25, -0.2) is 4.98 Å². The first-order valence-electron chi connectivity index (χ1n) is 7.72. The minimum absolute atomic E-state index is 0.125. The lowest BCUT2D eigenvalue weighted by atomic mass is 10.2. The van der Waals surface area contributed by atoms with Gasteiger partial charge in [-0.05, 0) is 19.8 Å². The van der Waals surface area contributed by atoms with Crippen LogP contribution in [0.1, 0.15) is 18.5 Å². The Hall–Kier alpha value is -1.89. The van der Waals surface area contributed by atoms with Gasteiger partial charge in [-0.15, -0.1) is 0 Å². The van der Waals surface area contributed by atoms with Gasteiger partial charge in [0.25, 0.3) is 5.91 Å². The van der Waals surface area contributed by atoms with Gasteiger partial charge in [0.15, 0.2) is 0 Å². The number of piperazine rings is 1. The molecule has 120 valence electrons. The van der Waals surface area contributed by atoms with Gasteiger partial charge in [-0.2, -0.15) is 4.98 Å². The van der Waals surface area contributed by atoms with Crippen molar-refractivity contribution in [3.63, 3.8) is 0 Å². The second kappa shape index (κ2) is 6.48. The number of hydrogen-bond donors (Lipinski definition) is 0. The summed E-state index contributed by atoms with van der Waals surface area (Å²) in [6, 6.07) is 1.81. The Morgan fingerprint density at radius 3 is 2.73 bits per heavy atom. The summed E-state index contributed by atoms with van der Waals surface area (Å²) in [4.78, 5) is 25.2. The summed E-state index contributed by atoms with van der Waals surface area (Å²) in [6.07, 6.45) is 1.59. The van der Waals surface area contributed by atoms with Gasteiger partial charge in [0, 0.05) is 44.5 Å². The molecule has 0 saturated carbocycles. The van der Waals surface area contributed by atoms with Crippen molar-refractivity contribution in [1.82, 2.24) is 14.9 Å². The zero-order chi connectivity index (χ0) is 15.5. The molecule has 1 aromatic rings. The van der Waals surface area contributed by atoms with E-state index in [0.29, 0.717) is 31.5 Å². The minimum Gasteiger partial charge on any atom is -0.481 e. The van der Waals surface area contributed by atoms with Crippen molar-refractivity contribution in [2.75, 3.05) is 44.8 Å². The maximum Gasteiger partial charge on any atom is 0.251 e. The third-order valence-corrected chi connectivity index (χ3v) is 4.11. The Kier molecular flexibility index (Phi) is 4.42. The van der Waals surface area contributed by atoms with Crippen molar-refractivity contribution in [2.45, 2.75) is 25.9 Å². The quantitative estimate of drug-likeness (QED) is 0.815. The van der Waals surface area contributed by atoms with Crippen LogP contribution in [0.25, 0.3) is 0 Å². The molecule has 1 aromatic heterocycles. The number of amides is 1. The summed E-state index contributed by atoms with van der Waals surface area (Å²) in [5, 5.41) is 0. The van der Waals surface area contributed by atoms with Crippen LogP contribution in [0.4, 0.5) is 5.95 Å². The molecule has 0 unspecified atom stereocenters. The number of aryl methyl sites for hydroxylation is 1. The Bertz CT molecular complexity index is 538. The van der Waals surface area contributed by atoms with Gasteiger partial charge in [0.05, 0.1) is 7.11 Å². The van der Waals surface area contributed by atoms with Crippen molar-refractivity contribution in [3.8, 4) is 5.88 Å². The van der Waals surface area contributed by atoms with Gasteiger partial charge in [-0.1, -0.05) is 0 Å². The fourth-order valence-electron chi connectivity index (χ4n) is 2.87. The smallest absolute Gasteiger partial charge is 0.251 e. The lowest BCUT2D eigenvalue weighted by molar-refractivity contribution is -0.141. The number of rotatable bonds is 3. The molecule has 7 heteroatoms. The second-order valence-corrected chi connectivity index (χ2v) is 5.67. The monoisotopic (exact) mass is 306 g/mol. The highest BCUT2D eigenvalue weighted by Gasteiger charge is 2.30. The van der Waals surface area contributed by atoms with Gasteiger partial charge in [0.2, 0.25) is 11.8 Å². The fraction of sp³-hybridized carbons (Fsp3) is 0.667. The van der Waals surface area contributed by atoms with Crippen molar-refractivity contribution in [3.05, 3.63) is 11.8 Å². The molecule has 0 N–H and O–H groups in total. The predicted molar refractivity (Wildman–Crippen MR) is 81.1 cm³/mol. The Labute approximate surface area is 130 Å². The molecule has 7 nitrogen and oxygen atoms in total. The van der Waals surface area contributed by atoms with Crippen LogP contribution in [0.3, 0.4) is 0 Å². The molecule has 2 aliphatic rings. The molecule has 3 rings (SSSR count). The molecule has 0 aliphatic carbocycles. The van der Waals surface area contributed by atoms with E-state index in [9.17, 15) is 4.79 Å². The van der Waals surface area contributed by atoms with Crippen LogP contribution >= 0.6 is 0 Å². The van der Waals surface area contributed by atoms with Gasteiger partial charge >= 0.3 is 0 Å². The summed E-state index contributed by atoms with van der Waals surface area (Å²) >= 11 is 0. The number of carbonyl (C=O) groups excluding carboxylic acids is 1. The first-order chi connectivity index (χ1) is 10.7. The highest BCUT2D eigenvalue weighted by molar-refractivity contribution is 5.81.